The lowest BCUT2D eigenvalue weighted by molar-refractivity contribution is 0.517. The third-order valence-electron chi connectivity index (χ3n) is 2.81. The van der Waals surface area contributed by atoms with E-state index >= 15 is 0 Å². The van der Waals surface area contributed by atoms with Crippen LogP contribution in [-0.4, -0.2) is 12.6 Å². The van der Waals surface area contributed by atoms with E-state index in [9.17, 15) is 0 Å². The van der Waals surface area contributed by atoms with Crippen molar-refractivity contribution in [3.63, 3.8) is 0 Å². The first-order chi connectivity index (χ1) is 8.26. The van der Waals surface area contributed by atoms with Crippen LogP contribution < -0.4 is 5.32 Å². The summed E-state index contributed by atoms with van der Waals surface area (Å²) in [5.41, 5.74) is 2.71. The third kappa shape index (κ3) is 5.56. The Morgan fingerprint density at radius 2 is 1.94 bits per heavy atom. The normalized spacial score (nSPS) is 11.7. The summed E-state index contributed by atoms with van der Waals surface area (Å²) in [6.07, 6.45) is 3.17. The number of hydrogen-bond donors (Lipinski definition) is 1. The summed E-state index contributed by atoms with van der Waals surface area (Å²) in [5, 5.41) is 3.56. The van der Waals surface area contributed by atoms with E-state index in [1.807, 2.05) is 6.92 Å². The Kier molecular flexibility index (Phi) is 6.43. The molecule has 0 bridgehead atoms. The Labute approximate surface area is 106 Å². The van der Waals surface area contributed by atoms with E-state index in [-0.39, 0.29) is 0 Å². The van der Waals surface area contributed by atoms with Crippen LogP contribution in [0, 0.1) is 18.8 Å². The molecule has 1 aromatic rings. The van der Waals surface area contributed by atoms with Crippen molar-refractivity contribution in [3.05, 3.63) is 35.4 Å². The maximum Gasteiger partial charge on any atom is 0.0246 e. The fourth-order valence-electron chi connectivity index (χ4n) is 1.80. The highest BCUT2D eigenvalue weighted by Crippen LogP contribution is 2.08. The Bertz CT molecular complexity index is 367. The van der Waals surface area contributed by atoms with E-state index in [1.165, 1.54) is 17.5 Å². The second-order valence-electron chi connectivity index (χ2n) is 4.47. The van der Waals surface area contributed by atoms with Gasteiger partial charge in [0.05, 0.1) is 0 Å². The summed E-state index contributed by atoms with van der Waals surface area (Å²) in [6, 6.07) is 9.27. The Hall–Kier alpha value is -1.26. The summed E-state index contributed by atoms with van der Waals surface area (Å²) in [5.74, 6) is 6.16. The molecule has 0 spiro atoms. The molecule has 0 radical (unpaired) electrons. The fourth-order valence-corrected chi connectivity index (χ4v) is 1.80. The van der Waals surface area contributed by atoms with E-state index in [0.717, 1.165) is 19.4 Å². The van der Waals surface area contributed by atoms with Gasteiger partial charge >= 0.3 is 0 Å². The number of hydrogen-bond acceptors (Lipinski definition) is 1. The second-order valence-corrected chi connectivity index (χ2v) is 4.47. The quantitative estimate of drug-likeness (QED) is 0.738. The van der Waals surface area contributed by atoms with Crippen molar-refractivity contribution in [2.24, 2.45) is 0 Å². The highest BCUT2D eigenvalue weighted by atomic mass is 14.9. The third-order valence-corrected chi connectivity index (χ3v) is 2.81. The van der Waals surface area contributed by atoms with Gasteiger partial charge in [0.2, 0.25) is 0 Å². The average molecular weight is 229 g/mol. The molecule has 0 aliphatic rings. The molecule has 0 amide bonds. The zero-order valence-electron chi connectivity index (χ0n) is 11.2. The molecule has 1 rings (SSSR count). The van der Waals surface area contributed by atoms with Gasteiger partial charge in [0.15, 0.2) is 0 Å². The SMILES string of the molecule is CC#CCC(Cc1ccc(C)cc1)NCCC. The van der Waals surface area contributed by atoms with E-state index < -0.39 is 0 Å². The van der Waals surface area contributed by atoms with Gasteiger partial charge in [-0.15, -0.1) is 11.8 Å². The minimum absolute atomic E-state index is 0.477. The first-order valence-corrected chi connectivity index (χ1v) is 6.44. The van der Waals surface area contributed by atoms with Gasteiger partial charge in [-0.25, -0.2) is 0 Å². The van der Waals surface area contributed by atoms with Crippen LogP contribution in [0.25, 0.3) is 0 Å². The smallest absolute Gasteiger partial charge is 0.0246 e. The van der Waals surface area contributed by atoms with E-state index in [2.05, 4.69) is 55.3 Å². The molecule has 0 heterocycles. The summed E-state index contributed by atoms with van der Waals surface area (Å²) < 4.78 is 0. The minimum atomic E-state index is 0.477. The van der Waals surface area contributed by atoms with Gasteiger partial charge in [-0.3, -0.25) is 0 Å². The van der Waals surface area contributed by atoms with Gasteiger partial charge in [0.1, 0.15) is 0 Å². The van der Waals surface area contributed by atoms with Crippen molar-refractivity contribution in [1.29, 1.82) is 0 Å². The predicted molar refractivity (Wildman–Crippen MR) is 75.0 cm³/mol. The van der Waals surface area contributed by atoms with E-state index in [4.69, 9.17) is 0 Å². The van der Waals surface area contributed by atoms with Crippen LogP contribution in [0.15, 0.2) is 24.3 Å². The summed E-state index contributed by atoms with van der Waals surface area (Å²) in [4.78, 5) is 0. The molecule has 17 heavy (non-hydrogen) atoms. The molecule has 0 saturated heterocycles. The topological polar surface area (TPSA) is 12.0 Å². The summed E-state index contributed by atoms with van der Waals surface area (Å²) >= 11 is 0. The molecule has 0 saturated carbocycles. The molecule has 92 valence electrons. The number of aryl methyl sites for hydroxylation is 1. The molecule has 0 fully saturated rings. The molecule has 1 N–H and O–H groups in total. The molecule has 0 aliphatic heterocycles. The van der Waals surface area contributed by atoms with Gasteiger partial charge in [-0.1, -0.05) is 36.8 Å². The monoisotopic (exact) mass is 229 g/mol. The van der Waals surface area contributed by atoms with Crippen LogP contribution >= 0.6 is 0 Å². The van der Waals surface area contributed by atoms with Crippen LogP contribution in [-0.2, 0) is 6.42 Å². The Morgan fingerprint density at radius 1 is 1.24 bits per heavy atom. The number of rotatable bonds is 6. The zero-order chi connectivity index (χ0) is 12.5. The summed E-state index contributed by atoms with van der Waals surface area (Å²) in [7, 11) is 0. The molecular weight excluding hydrogens is 206 g/mol. The highest BCUT2D eigenvalue weighted by Gasteiger charge is 2.06. The Balaban J connectivity index is 2.56. The molecular formula is C16H23N. The van der Waals surface area contributed by atoms with E-state index in [1.54, 1.807) is 0 Å². The van der Waals surface area contributed by atoms with Gasteiger partial charge in [0, 0.05) is 12.5 Å². The minimum Gasteiger partial charge on any atom is -0.313 e. The lowest BCUT2D eigenvalue weighted by atomic mass is 10.0. The average Bonchev–Trinajstić information content (AvgIpc) is 2.35. The largest absolute Gasteiger partial charge is 0.313 e. The molecule has 1 nitrogen and oxygen atoms in total. The van der Waals surface area contributed by atoms with Gasteiger partial charge in [-0.05, 0) is 38.8 Å². The first kappa shape index (κ1) is 13.8. The van der Waals surface area contributed by atoms with Crippen molar-refractivity contribution in [3.8, 4) is 11.8 Å². The van der Waals surface area contributed by atoms with Crippen LogP contribution in [0.4, 0.5) is 0 Å². The number of benzene rings is 1. The number of nitrogens with one attached hydrogen (secondary N) is 1. The molecule has 1 unspecified atom stereocenters. The van der Waals surface area contributed by atoms with E-state index in [0.29, 0.717) is 6.04 Å². The zero-order valence-corrected chi connectivity index (χ0v) is 11.2. The van der Waals surface area contributed by atoms with Crippen molar-refractivity contribution in [1.82, 2.24) is 5.32 Å². The predicted octanol–water partition coefficient (Wildman–Crippen LogP) is 3.32. The molecule has 1 heteroatoms. The van der Waals surface area contributed by atoms with Gasteiger partial charge < -0.3 is 5.32 Å². The van der Waals surface area contributed by atoms with Crippen LogP contribution in [0.2, 0.25) is 0 Å². The summed E-state index contributed by atoms with van der Waals surface area (Å²) in [6.45, 7) is 7.30. The van der Waals surface area contributed by atoms with Crippen molar-refractivity contribution in [2.75, 3.05) is 6.54 Å². The standard InChI is InChI=1S/C16H23N/c1-4-6-7-16(17-12-5-2)13-15-10-8-14(3)9-11-15/h8-11,16-17H,5,7,12-13H2,1-3H3. The Morgan fingerprint density at radius 3 is 2.53 bits per heavy atom. The van der Waals surface area contributed by atoms with Crippen LogP contribution in [0.1, 0.15) is 37.8 Å². The van der Waals surface area contributed by atoms with Crippen molar-refractivity contribution >= 4 is 0 Å². The van der Waals surface area contributed by atoms with Gasteiger partial charge in [-0.2, -0.15) is 0 Å². The van der Waals surface area contributed by atoms with Gasteiger partial charge in [0.25, 0.3) is 0 Å². The maximum absolute atomic E-state index is 3.56. The maximum atomic E-state index is 3.56. The second kappa shape index (κ2) is 7.92. The molecule has 1 atom stereocenters. The van der Waals surface area contributed by atoms with Crippen molar-refractivity contribution < 1.29 is 0 Å². The van der Waals surface area contributed by atoms with Crippen LogP contribution in [0.3, 0.4) is 0 Å². The lowest BCUT2D eigenvalue weighted by Crippen LogP contribution is -2.31. The molecule has 0 aromatic heterocycles. The highest BCUT2D eigenvalue weighted by molar-refractivity contribution is 5.22. The molecule has 0 aliphatic carbocycles. The first-order valence-electron chi connectivity index (χ1n) is 6.44. The van der Waals surface area contributed by atoms with Crippen LogP contribution in [0.5, 0.6) is 0 Å². The fraction of sp³-hybridized carbons (Fsp3) is 0.500. The van der Waals surface area contributed by atoms with Crippen molar-refractivity contribution in [2.45, 2.75) is 46.1 Å². The molecule has 1 aromatic carbocycles. The lowest BCUT2D eigenvalue weighted by Gasteiger charge is -2.16.